The van der Waals surface area contributed by atoms with Crippen molar-refractivity contribution in [3.8, 4) is 0 Å². The number of alkyl halides is 3. The summed E-state index contributed by atoms with van der Waals surface area (Å²) in [5, 5.41) is 6.30. The Kier molecular flexibility index (Phi) is 4.90. The Hall–Kier alpha value is -1.28. The van der Waals surface area contributed by atoms with Gasteiger partial charge in [-0.15, -0.1) is 0 Å². The van der Waals surface area contributed by atoms with Crippen LogP contribution in [0.4, 0.5) is 13.2 Å². The molecule has 0 aromatic carbocycles. The Balaban J connectivity index is 1.25. The number of fused-ring (bicyclic) bond motifs is 1. The van der Waals surface area contributed by atoms with Crippen molar-refractivity contribution in [1.82, 2.24) is 15.5 Å². The zero-order chi connectivity index (χ0) is 18.3. The molecule has 3 atom stereocenters. The van der Waals surface area contributed by atoms with Crippen LogP contribution >= 0.6 is 0 Å². The Morgan fingerprint density at radius 2 is 2.00 bits per heavy atom. The first-order valence-electron chi connectivity index (χ1n) is 9.59. The van der Waals surface area contributed by atoms with Gasteiger partial charge in [-0.05, 0) is 38.5 Å². The van der Waals surface area contributed by atoms with E-state index in [2.05, 4.69) is 10.6 Å². The monoisotopic (exact) mass is 373 g/mol. The molecular formula is C18H26F3N3O2. The van der Waals surface area contributed by atoms with E-state index < -0.39 is 12.7 Å². The first-order chi connectivity index (χ1) is 12.4. The predicted molar refractivity (Wildman–Crippen MR) is 89.0 cm³/mol. The Labute approximate surface area is 151 Å². The number of hydrogen-bond acceptors (Lipinski definition) is 4. The third-order valence-corrected chi connectivity index (χ3v) is 6.09. The lowest BCUT2D eigenvalue weighted by molar-refractivity contribution is -0.163. The summed E-state index contributed by atoms with van der Waals surface area (Å²) in [5.74, 6) is -0.300. The summed E-state index contributed by atoms with van der Waals surface area (Å²) in [4.78, 5) is 13.6. The molecule has 2 heterocycles. The van der Waals surface area contributed by atoms with Crippen LogP contribution in [0.25, 0.3) is 0 Å². The maximum atomic E-state index is 12.4. The van der Waals surface area contributed by atoms with Crippen LogP contribution in [0.2, 0.25) is 0 Å². The van der Waals surface area contributed by atoms with Crippen molar-refractivity contribution in [2.45, 2.75) is 63.0 Å². The number of rotatable bonds is 5. The first-order valence-corrected chi connectivity index (χ1v) is 9.59. The lowest BCUT2D eigenvalue weighted by Crippen LogP contribution is -2.56. The minimum atomic E-state index is -4.20. The lowest BCUT2D eigenvalue weighted by atomic mass is 9.82. The summed E-state index contributed by atoms with van der Waals surface area (Å²) < 4.78 is 43.2. The summed E-state index contributed by atoms with van der Waals surface area (Å²) in [5.41, 5.74) is 0.871. The van der Waals surface area contributed by atoms with Gasteiger partial charge in [0, 0.05) is 36.9 Å². The Morgan fingerprint density at radius 3 is 2.65 bits per heavy atom. The van der Waals surface area contributed by atoms with Gasteiger partial charge in [0.25, 0.3) is 0 Å². The highest BCUT2D eigenvalue weighted by atomic mass is 19.4. The molecule has 0 aromatic rings. The average Bonchev–Trinajstić information content (AvgIpc) is 2.88. The molecule has 4 rings (SSSR count). The van der Waals surface area contributed by atoms with Gasteiger partial charge in [-0.25, -0.2) is 0 Å². The standard InChI is InChI=1S/C18H26F3N3O2/c19-18(20,21)10-24-8-11(9-24)17(25)23-16-7-22-15-5-4-13(6-14(15)16)26-12-2-1-3-12/h7,11-15,22H,1-6,8-10H2,(H,23,25). The molecule has 0 bridgehead atoms. The van der Waals surface area contributed by atoms with Crippen LogP contribution in [-0.2, 0) is 9.53 Å². The molecule has 5 nitrogen and oxygen atoms in total. The van der Waals surface area contributed by atoms with Gasteiger partial charge in [-0.3, -0.25) is 9.69 Å². The summed E-state index contributed by atoms with van der Waals surface area (Å²) >= 11 is 0. The quantitative estimate of drug-likeness (QED) is 0.775. The largest absolute Gasteiger partial charge is 0.401 e. The van der Waals surface area contributed by atoms with Gasteiger partial charge in [0.05, 0.1) is 24.7 Å². The summed E-state index contributed by atoms with van der Waals surface area (Å²) in [7, 11) is 0. The number of carbonyl (C=O) groups excluding carboxylic acids is 1. The van der Waals surface area contributed by atoms with E-state index in [0.29, 0.717) is 12.1 Å². The van der Waals surface area contributed by atoms with E-state index in [9.17, 15) is 18.0 Å². The van der Waals surface area contributed by atoms with Crippen LogP contribution in [0.1, 0.15) is 38.5 Å². The van der Waals surface area contributed by atoms with Crippen LogP contribution in [0, 0.1) is 11.8 Å². The summed E-state index contributed by atoms with van der Waals surface area (Å²) in [6.07, 6.45) is 4.81. The molecule has 0 radical (unpaired) electrons. The van der Waals surface area contributed by atoms with E-state index in [1.54, 1.807) is 0 Å². The zero-order valence-corrected chi connectivity index (χ0v) is 14.7. The number of hydrogen-bond donors (Lipinski definition) is 2. The van der Waals surface area contributed by atoms with Gasteiger partial charge < -0.3 is 15.4 Å². The van der Waals surface area contributed by atoms with E-state index in [1.807, 2.05) is 6.20 Å². The Bertz CT molecular complexity index is 571. The SMILES string of the molecule is O=C(NC1=CNC2CCC(OC3CCC3)CC12)C1CN(CC(F)(F)F)C1. The number of likely N-dealkylation sites (tertiary alicyclic amines) is 1. The number of amides is 1. The number of carbonyl (C=O) groups is 1. The van der Waals surface area contributed by atoms with Crippen LogP contribution in [0.3, 0.4) is 0 Å². The molecule has 2 aliphatic carbocycles. The van der Waals surface area contributed by atoms with E-state index in [-0.39, 0.29) is 36.9 Å². The van der Waals surface area contributed by atoms with Crippen molar-refractivity contribution in [3.05, 3.63) is 11.9 Å². The fraction of sp³-hybridized carbons (Fsp3) is 0.833. The molecular weight excluding hydrogens is 347 g/mol. The second kappa shape index (κ2) is 7.03. The van der Waals surface area contributed by atoms with Crippen molar-refractivity contribution in [2.75, 3.05) is 19.6 Å². The van der Waals surface area contributed by atoms with Crippen molar-refractivity contribution >= 4 is 5.91 Å². The first kappa shape index (κ1) is 18.1. The van der Waals surface area contributed by atoms with Gasteiger partial charge in [-0.2, -0.15) is 13.2 Å². The van der Waals surface area contributed by atoms with Crippen LogP contribution in [-0.4, -0.2) is 54.9 Å². The van der Waals surface area contributed by atoms with Gasteiger partial charge in [0.15, 0.2) is 0 Å². The normalized spacial score (nSPS) is 32.9. The molecule has 4 aliphatic rings. The number of halogens is 3. The van der Waals surface area contributed by atoms with Gasteiger partial charge in [-0.1, -0.05) is 0 Å². The summed E-state index contributed by atoms with van der Waals surface area (Å²) in [6.45, 7) is -0.590. The summed E-state index contributed by atoms with van der Waals surface area (Å²) in [6, 6.07) is 0.328. The second-order valence-electron chi connectivity index (χ2n) is 8.10. The van der Waals surface area contributed by atoms with Crippen LogP contribution in [0.15, 0.2) is 11.9 Å². The number of nitrogens with one attached hydrogen (secondary N) is 2. The second-order valence-corrected chi connectivity index (χ2v) is 8.10. The molecule has 2 aliphatic heterocycles. The highest BCUT2D eigenvalue weighted by Crippen LogP contribution is 2.36. The molecule has 3 fully saturated rings. The minimum absolute atomic E-state index is 0.167. The maximum Gasteiger partial charge on any atom is 0.401 e. The van der Waals surface area contributed by atoms with Crippen LogP contribution in [0.5, 0.6) is 0 Å². The third-order valence-electron chi connectivity index (χ3n) is 6.09. The maximum absolute atomic E-state index is 12.4. The molecule has 26 heavy (non-hydrogen) atoms. The highest BCUT2D eigenvalue weighted by molar-refractivity contribution is 5.81. The molecule has 2 saturated carbocycles. The molecule has 2 N–H and O–H groups in total. The molecule has 1 saturated heterocycles. The molecule has 3 unspecified atom stereocenters. The van der Waals surface area contributed by atoms with Crippen molar-refractivity contribution in [3.63, 3.8) is 0 Å². The van der Waals surface area contributed by atoms with E-state index in [4.69, 9.17) is 4.74 Å². The van der Waals surface area contributed by atoms with E-state index in [0.717, 1.165) is 37.8 Å². The third kappa shape index (κ3) is 4.01. The van der Waals surface area contributed by atoms with Gasteiger partial charge in [0.1, 0.15) is 0 Å². The van der Waals surface area contributed by atoms with E-state index in [1.165, 1.54) is 11.3 Å². The van der Waals surface area contributed by atoms with Gasteiger partial charge >= 0.3 is 6.18 Å². The zero-order valence-electron chi connectivity index (χ0n) is 14.7. The van der Waals surface area contributed by atoms with E-state index >= 15 is 0 Å². The topological polar surface area (TPSA) is 53.6 Å². The number of ether oxygens (including phenoxy) is 1. The molecule has 8 heteroatoms. The lowest BCUT2D eigenvalue weighted by Gasteiger charge is -2.39. The van der Waals surface area contributed by atoms with Crippen molar-refractivity contribution in [2.24, 2.45) is 11.8 Å². The number of nitrogens with zero attached hydrogens (tertiary/aromatic N) is 1. The fourth-order valence-corrected chi connectivity index (χ4v) is 4.37. The molecule has 146 valence electrons. The predicted octanol–water partition coefficient (Wildman–Crippen LogP) is 2.15. The fourth-order valence-electron chi connectivity index (χ4n) is 4.37. The highest BCUT2D eigenvalue weighted by Gasteiger charge is 2.42. The smallest absolute Gasteiger partial charge is 0.386 e. The molecule has 0 spiro atoms. The molecule has 1 amide bonds. The Morgan fingerprint density at radius 1 is 1.23 bits per heavy atom. The molecule has 0 aromatic heterocycles. The average molecular weight is 373 g/mol. The van der Waals surface area contributed by atoms with Gasteiger partial charge in [0.2, 0.25) is 5.91 Å². The van der Waals surface area contributed by atoms with Crippen LogP contribution < -0.4 is 10.6 Å². The van der Waals surface area contributed by atoms with Crippen molar-refractivity contribution < 1.29 is 22.7 Å². The minimum Gasteiger partial charge on any atom is -0.386 e. The van der Waals surface area contributed by atoms with Crippen molar-refractivity contribution in [1.29, 1.82) is 0 Å².